The summed E-state index contributed by atoms with van der Waals surface area (Å²) in [6, 6.07) is 9.93. The predicted octanol–water partition coefficient (Wildman–Crippen LogP) is 3.03. The van der Waals surface area contributed by atoms with Crippen LogP contribution in [0.5, 0.6) is 17.4 Å². The van der Waals surface area contributed by atoms with E-state index >= 15 is 0 Å². The quantitative estimate of drug-likeness (QED) is 0.406. The second-order valence-corrected chi connectivity index (χ2v) is 7.05. The molecule has 174 valence electrons. The van der Waals surface area contributed by atoms with Gasteiger partial charge in [0.2, 0.25) is 24.1 Å². The minimum Gasteiger partial charge on any atom is -0.457 e. The first-order valence-electron chi connectivity index (χ1n) is 9.97. The van der Waals surface area contributed by atoms with E-state index in [0.29, 0.717) is 5.56 Å². The van der Waals surface area contributed by atoms with E-state index in [4.69, 9.17) is 15.2 Å². The van der Waals surface area contributed by atoms with Crippen LogP contribution in [-0.4, -0.2) is 37.8 Å². The third-order valence-corrected chi connectivity index (χ3v) is 4.47. The molecular weight excluding hydrogens is 450 g/mol. The molecule has 0 radical (unpaired) electrons. The second kappa shape index (κ2) is 9.48. The van der Waals surface area contributed by atoms with E-state index in [1.807, 2.05) is 0 Å². The predicted molar refractivity (Wildman–Crippen MR) is 116 cm³/mol. The van der Waals surface area contributed by atoms with Gasteiger partial charge in [-0.3, -0.25) is 14.9 Å². The standard InChI is InChI=1S/C22H18F2N6O4/c1-12(23)33-17-5-3-9-30-20(17)28-22(29-30)27-18(31)11-13-6-7-16(15(24)10-13)34-21-14(19(25)32)4-2-8-26-21/h2-10,12H,11H2,1H3,(H2,25,32)(H,27,29,31). The fourth-order valence-electron chi connectivity index (χ4n) is 3.06. The number of anilines is 1. The summed E-state index contributed by atoms with van der Waals surface area (Å²) in [4.78, 5) is 31.9. The molecular formula is C22H18F2N6O4. The molecule has 4 aromatic rings. The highest BCUT2D eigenvalue weighted by atomic mass is 19.1. The molecule has 3 N–H and O–H groups in total. The van der Waals surface area contributed by atoms with E-state index in [9.17, 15) is 18.4 Å². The number of nitrogens with one attached hydrogen (secondary N) is 1. The van der Waals surface area contributed by atoms with Gasteiger partial charge in [-0.1, -0.05) is 6.07 Å². The third-order valence-electron chi connectivity index (χ3n) is 4.47. The third kappa shape index (κ3) is 5.06. The zero-order valence-electron chi connectivity index (χ0n) is 17.7. The Balaban J connectivity index is 1.45. The molecule has 1 unspecified atom stereocenters. The molecule has 10 nitrogen and oxygen atoms in total. The Morgan fingerprint density at radius 2 is 2.03 bits per heavy atom. The Bertz CT molecular complexity index is 1370. The van der Waals surface area contributed by atoms with E-state index in [2.05, 4.69) is 20.4 Å². The van der Waals surface area contributed by atoms with Crippen molar-refractivity contribution in [1.29, 1.82) is 0 Å². The first kappa shape index (κ1) is 22.6. The van der Waals surface area contributed by atoms with Crippen molar-refractivity contribution in [2.45, 2.75) is 19.7 Å². The van der Waals surface area contributed by atoms with Gasteiger partial charge in [-0.2, -0.15) is 4.98 Å². The van der Waals surface area contributed by atoms with Gasteiger partial charge in [0, 0.05) is 19.3 Å². The van der Waals surface area contributed by atoms with E-state index in [1.165, 1.54) is 48.0 Å². The Kier molecular flexibility index (Phi) is 6.30. The molecule has 0 aliphatic rings. The maximum atomic E-state index is 14.6. The Morgan fingerprint density at radius 3 is 2.76 bits per heavy atom. The van der Waals surface area contributed by atoms with Gasteiger partial charge in [0.05, 0.1) is 6.42 Å². The molecule has 1 atom stereocenters. The van der Waals surface area contributed by atoms with Gasteiger partial charge < -0.3 is 15.2 Å². The second-order valence-electron chi connectivity index (χ2n) is 7.05. The number of carbonyl (C=O) groups excluding carboxylic acids is 2. The van der Waals surface area contributed by atoms with Gasteiger partial charge >= 0.3 is 0 Å². The number of halogens is 2. The summed E-state index contributed by atoms with van der Waals surface area (Å²) in [6.45, 7) is 1.23. The average Bonchev–Trinajstić information content (AvgIpc) is 3.19. The number of ether oxygens (including phenoxy) is 2. The van der Waals surface area contributed by atoms with Crippen LogP contribution in [0.1, 0.15) is 22.8 Å². The highest BCUT2D eigenvalue weighted by molar-refractivity contribution is 5.95. The number of primary amides is 1. The number of fused-ring (bicyclic) bond motifs is 1. The number of alkyl halides is 1. The van der Waals surface area contributed by atoms with Crippen molar-refractivity contribution >= 4 is 23.4 Å². The lowest BCUT2D eigenvalue weighted by molar-refractivity contribution is -0.115. The van der Waals surface area contributed by atoms with Crippen molar-refractivity contribution in [3.05, 3.63) is 71.8 Å². The number of aromatic nitrogens is 4. The molecule has 0 aliphatic carbocycles. The summed E-state index contributed by atoms with van der Waals surface area (Å²) in [6.07, 6.45) is 1.20. The van der Waals surface area contributed by atoms with Crippen LogP contribution in [0.4, 0.5) is 14.7 Å². The molecule has 3 heterocycles. The molecule has 0 bridgehead atoms. The normalized spacial score (nSPS) is 11.7. The molecule has 0 fully saturated rings. The van der Waals surface area contributed by atoms with Crippen molar-refractivity contribution in [3.63, 3.8) is 0 Å². The first-order chi connectivity index (χ1) is 16.3. The summed E-state index contributed by atoms with van der Waals surface area (Å²) in [5, 5.41) is 6.60. The highest BCUT2D eigenvalue weighted by Crippen LogP contribution is 2.26. The Labute approximate surface area is 191 Å². The maximum absolute atomic E-state index is 14.6. The molecule has 0 saturated heterocycles. The number of carbonyl (C=O) groups is 2. The number of nitrogens with zero attached hydrogens (tertiary/aromatic N) is 4. The lowest BCUT2D eigenvalue weighted by Crippen LogP contribution is -2.15. The smallest absolute Gasteiger partial charge is 0.254 e. The van der Waals surface area contributed by atoms with Gasteiger partial charge in [0.15, 0.2) is 23.0 Å². The fourth-order valence-corrected chi connectivity index (χ4v) is 3.06. The first-order valence-corrected chi connectivity index (χ1v) is 9.97. The van der Waals surface area contributed by atoms with Crippen LogP contribution in [0, 0.1) is 5.82 Å². The van der Waals surface area contributed by atoms with Gasteiger partial charge in [0.1, 0.15) is 5.56 Å². The molecule has 12 heteroatoms. The number of benzene rings is 1. The highest BCUT2D eigenvalue weighted by Gasteiger charge is 2.16. The number of hydrogen-bond donors (Lipinski definition) is 2. The largest absolute Gasteiger partial charge is 0.457 e. The van der Waals surface area contributed by atoms with Crippen LogP contribution in [0.3, 0.4) is 0 Å². The van der Waals surface area contributed by atoms with Crippen LogP contribution in [0.25, 0.3) is 5.65 Å². The van der Waals surface area contributed by atoms with Gasteiger partial charge in [-0.25, -0.2) is 18.3 Å². The van der Waals surface area contributed by atoms with Gasteiger partial charge in [0.25, 0.3) is 5.91 Å². The topological polar surface area (TPSA) is 134 Å². The minimum absolute atomic E-state index is 0.000150. The molecule has 2 amide bonds. The van der Waals surface area contributed by atoms with Crippen molar-refractivity contribution in [1.82, 2.24) is 19.6 Å². The SMILES string of the molecule is CC(F)Oc1cccn2nc(NC(=O)Cc3ccc(Oc4ncccc4C(N)=O)c(F)c3)nc12. The molecule has 3 aromatic heterocycles. The summed E-state index contributed by atoms with van der Waals surface area (Å²) in [7, 11) is 0. The van der Waals surface area contributed by atoms with Crippen LogP contribution >= 0.6 is 0 Å². The maximum Gasteiger partial charge on any atom is 0.254 e. The molecule has 1 aromatic carbocycles. The lowest BCUT2D eigenvalue weighted by Gasteiger charge is -2.09. The number of rotatable bonds is 8. The Morgan fingerprint density at radius 1 is 1.21 bits per heavy atom. The number of nitrogens with two attached hydrogens (primary N) is 1. The zero-order valence-corrected chi connectivity index (χ0v) is 17.7. The van der Waals surface area contributed by atoms with E-state index < -0.39 is 24.0 Å². The van der Waals surface area contributed by atoms with Crippen LogP contribution in [-0.2, 0) is 11.2 Å². The lowest BCUT2D eigenvalue weighted by atomic mass is 10.1. The number of hydrogen-bond acceptors (Lipinski definition) is 7. The van der Waals surface area contributed by atoms with E-state index in [0.717, 1.165) is 6.07 Å². The van der Waals surface area contributed by atoms with Crippen LogP contribution in [0.15, 0.2) is 54.9 Å². The number of pyridine rings is 2. The fraction of sp³-hybridized carbons (Fsp3) is 0.136. The van der Waals surface area contributed by atoms with Crippen LogP contribution in [0.2, 0.25) is 0 Å². The molecule has 34 heavy (non-hydrogen) atoms. The van der Waals surface area contributed by atoms with Crippen molar-refractivity contribution in [3.8, 4) is 17.4 Å². The monoisotopic (exact) mass is 468 g/mol. The van der Waals surface area contributed by atoms with E-state index in [1.54, 1.807) is 12.3 Å². The summed E-state index contributed by atoms with van der Waals surface area (Å²) in [5.41, 5.74) is 5.84. The van der Waals surface area contributed by atoms with E-state index in [-0.39, 0.29) is 41.0 Å². The zero-order chi connectivity index (χ0) is 24.2. The summed E-state index contributed by atoms with van der Waals surface area (Å²) >= 11 is 0. The van der Waals surface area contributed by atoms with Gasteiger partial charge in [-0.05, 0) is 42.0 Å². The Hall–Kier alpha value is -4.61. The van der Waals surface area contributed by atoms with Crippen molar-refractivity contribution in [2.24, 2.45) is 5.73 Å². The number of amides is 2. The van der Waals surface area contributed by atoms with Crippen molar-refractivity contribution in [2.75, 3.05) is 5.32 Å². The van der Waals surface area contributed by atoms with Crippen molar-refractivity contribution < 1.29 is 27.8 Å². The molecule has 0 aliphatic heterocycles. The minimum atomic E-state index is -1.55. The van der Waals surface area contributed by atoms with Crippen LogP contribution < -0.4 is 20.5 Å². The van der Waals surface area contributed by atoms with Gasteiger partial charge in [-0.15, -0.1) is 5.10 Å². The summed E-state index contributed by atoms with van der Waals surface area (Å²) in [5.74, 6) is -2.23. The molecule has 4 rings (SSSR count). The average molecular weight is 468 g/mol. The summed E-state index contributed by atoms with van der Waals surface area (Å²) < 4.78 is 39.5. The molecule has 0 spiro atoms. The molecule has 0 saturated carbocycles.